The van der Waals surface area contributed by atoms with Crippen LogP contribution in [0.2, 0.25) is 0 Å². The lowest BCUT2D eigenvalue weighted by Gasteiger charge is -2.18. The highest BCUT2D eigenvalue weighted by atomic mass is 32.1. The quantitative estimate of drug-likeness (QED) is 0.915. The third-order valence-corrected chi connectivity index (χ3v) is 5.07. The predicted molar refractivity (Wildman–Crippen MR) is 83.4 cm³/mol. The predicted octanol–water partition coefficient (Wildman–Crippen LogP) is 4.24. The van der Waals surface area contributed by atoms with Crippen LogP contribution in [-0.4, -0.2) is 14.5 Å². The highest BCUT2D eigenvalue weighted by molar-refractivity contribution is 7.09. The van der Waals surface area contributed by atoms with Gasteiger partial charge in [-0.2, -0.15) is 0 Å². The maximum Gasteiger partial charge on any atom is 0.203 e. The molecule has 2 aromatic rings. The van der Waals surface area contributed by atoms with E-state index in [0.29, 0.717) is 6.04 Å². The summed E-state index contributed by atoms with van der Waals surface area (Å²) in [5.41, 5.74) is 2.18. The van der Waals surface area contributed by atoms with Crippen molar-refractivity contribution in [2.45, 2.75) is 58.5 Å². The van der Waals surface area contributed by atoms with Gasteiger partial charge in [0.05, 0.1) is 11.7 Å². The Bertz CT molecular complexity index is 580. The van der Waals surface area contributed by atoms with Crippen molar-refractivity contribution < 1.29 is 0 Å². The molecule has 108 valence electrons. The molecule has 20 heavy (non-hydrogen) atoms. The van der Waals surface area contributed by atoms with Gasteiger partial charge in [0, 0.05) is 23.3 Å². The van der Waals surface area contributed by atoms with Crippen LogP contribution in [0.4, 0.5) is 5.95 Å². The van der Waals surface area contributed by atoms with Gasteiger partial charge in [0.25, 0.3) is 0 Å². The van der Waals surface area contributed by atoms with Gasteiger partial charge in [-0.3, -0.25) is 0 Å². The Kier molecular flexibility index (Phi) is 3.78. The molecule has 0 amide bonds. The number of nitrogens with zero attached hydrogens (tertiary/aromatic N) is 3. The van der Waals surface area contributed by atoms with E-state index in [2.05, 4.69) is 45.3 Å². The number of aryl methyl sites for hydroxylation is 2. The number of hydrogen-bond acceptors (Lipinski definition) is 4. The standard InChI is InChI=1S/C15H22N4S/c1-10-8-19(13-6-4-5-7-13)15(17-10)18-12(3)14-16-11(2)9-20-14/h8-9,12-13H,4-7H2,1-3H3,(H,17,18). The molecule has 0 radical (unpaired) electrons. The highest BCUT2D eigenvalue weighted by Gasteiger charge is 2.21. The van der Waals surface area contributed by atoms with Gasteiger partial charge in [-0.15, -0.1) is 11.3 Å². The first-order valence-electron chi connectivity index (χ1n) is 7.37. The van der Waals surface area contributed by atoms with E-state index in [1.54, 1.807) is 11.3 Å². The van der Waals surface area contributed by atoms with E-state index >= 15 is 0 Å². The van der Waals surface area contributed by atoms with E-state index in [4.69, 9.17) is 0 Å². The molecule has 1 N–H and O–H groups in total. The molecular weight excluding hydrogens is 268 g/mol. The summed E-state index contributed by atoms with van der Waals surface area (Å²) in [5.74, 6) is 0.995. The Labute approximate surface area is 124 Å². The molecule has 0 saturated heterocycles. The van der Waals surface area contributed by atoms with Crippen molar-refractivity contribution in [2.75, 3.05) is 5.32 Å². The van der Waals surface area contributed by atoms with Crippen molar-refractivity contribution in [1.82, 2.24) is 14.5 Å². The zero-order valence-corrected chi connectivity index (χ0v) is 13.2. The number of nitrogens with one attached hydrogen (secondary N) is 1. The molecule has 1 atom stereocenters. The van der Waals surface area contributed by atoms with Crippen LogP contribution in [0.5, 0.6) is 0 Å². The lowest BCUT2D eigenvalue weighted by molar-refractivity contribution is 0.520. The average molecular weight is 290 g/mol. The van der Waals surface area contributed by atoms with Crippen LogP contribution < -0.4 is 5.32 Å². The van der Waals surface area contributed by atoms with Gasteiger partial charge in [-0.25, -0.2) is 9.97 Å². The number of anilines is 1. The first-order valence-corrected chi connectivity index (χ1v) is 8.25. The maximum atomic E-state index is 4.66. The van der Waals surface area contributed by atoms with Crippen LogP contribution in [-0.2, 0) is 0 Å². The van der Waals surface area contributed by atoms with Crippen molar-refractivity contribution in [3.8, 4) is 0 Å². The van der Waals surface area contributed by atoms with Gasteiger partial charge in [0.2, 0.25) is 5.95 Å². The molecule has 2 heterocycles. The van der Waals surface area contributed by atoms with E-state index in [-0.39, 0.29) is 6.04 Å². The third kappa shape index (κ3) is 2.73. The van der Waals surface area contributed by atoms with E-state index in [1.807, 2.05) is 6.92 Å². The summed E-state index contributed by atoms with van der Waals surface area (Å²) in [7, 11) is 0. The molecular formula is C15H22N4S. The zero-order valence-electron chi connectivity index (χ0n) is 12.4. The highest BCUT2D eigenvalue weighted by Crippen LogP contribution is 2.33. The Morgan fingerprint density at radius 1 is 1.25 bits per heavy atom. The fourth-order valence-electron chi connectivity index (χ4n) is 2.91. The van der Waals surface area contributed by atoms with Gasteiger partial charge in [0.15, 0.2) is 0 Å². The number of imidazole rings is 1. The van der Waals surface area contributed by atoms with Gasteiger partial charge >= 0.3 is 0 Å². The number of aromatic nitrogens is 3. The molecule has 1 aliphatic carbocycles. The molecule has 1 unspecified atom stereocenters. The van der Waals surface area contributed by atoms with Crippen LogP contribution in [0, 0.1) is 13.8 Å². The number of hydrogen-bond donors (Lipinski definition) is 1. The summed E-state index contributed by atoms with van der Waals surface area (Å²) >= 11 is 1.71. The second-order valence-corrected chi connectivity index (χ2v) is 6.63. The van der Waals surface area contributed by atoms with Crippen LogP contribution >= 0.6 is 11.3 Å². The minimum Gasteiger partial charge on any atom is -0.347 e. The molecule has 0 bridgehead atoms. The lowest BCUT2D eigenvalue weighted by atomic mass is 10.2. The normalized spacial score (nSPS) is 17.6. The van der Waals surface area contributed by atoms with E-state index in [0.717, 1.165) is 22.3 Å². The maximum absolute atomic E-state index is 4.66. The molecule has 3 rings (SSSR count). The minimum atomic E-state index is 0.204. The van der Waals surface area contributed by atoms with Crippen LogP contribution in [0.3, 0.4) is 0 Å². The summed E-state index contributed by atoms with van der Waals surface area (Å²) in [6.07, 6.45) is 7.40. The first kappa shape index (κ1) is 13.6. The van der Waals surface area contributed by atoms with E-state index < -0.39 is 0 Å². The molecule has 1 saturated carbocycles. The molecule has 5 heteroatoms. The lowest BCUT2D eigenvalue weighted by Crippen LogP contribution is -2.13. The van der Waals surface area contributed by atoms with Gasteiger partial charge in [-0.05, 0) is 33.6 Å². The molecule has 2 aromatic heterocycles. The zero-order chi connectivity index (χ0) is 14.1. The second-order valence-electron chi connectivity index (χ2n) is 5.74. The van der Waals surface area contributed by atoms with E-state index in [9.17, 15) is 0 Å². The monoisotopic (exact) mass is 290 g/mol. The van der Waals surface area contributed by atoms with Gasteiger partial charge in [0.1, 0.15) is 5.01 Å². The van der Waals surface area contributed by atoms with Crippen LogP contribution in [0.15, 0.2) is 11.6 Å². The summed E-state index contributed by atoms with van der Waals surface area (Å²) in [4.78, 5) is 9.22. The SMILES string of the molecule is Cc1csc(C(C)Nc2nc(C)cn2C2CCCC2)n1. The molecule has 1 fully saturated rings. The summed E-state index contributed by atoms with van der Waals surface area (Å²) < 4.78 is 2.33. The molecule has 4 nitrogen and oxygen atoms in total. The Hall–Kier alpha value is -1.36. The second kappa shape index (κ2) is 5.56. The fraction of sp³-hybridized carbons (Fsp3) is 0.600. The van der Waals surface area contributed by atoms with Crippen LogP contribution in [0.25, 0.3) is 0 Å². The molecule has 1 aliphatic rings. The van der Waals surface area contributed by atoms with Crippen molar-refractivity contribution in [2.24, 2.45) is 0 Å². The van der Waals surface area contributed by atoms with Crippen molar-refractivity contribution in [1.29, 1.82) is 0 Å². The van der Waals surface area contributed by atoms with Crippen molar-refractivity contribution in [3.05, 3.63) is 28.0 Å². The molecule has 0 aromatic carbocycles. The molecule has 0 spiro atoms. The third-order valence-electron chi connectivity index (χ3n) is 3.92. The van der Waals surface area contributed by atoms with Gasteiger partial charge in [-0.1, -0.05) is 12.8 Å². The van der Waals surface area contributed by atoms with Crippen LogP contribution in [0.1, 0.15) is 61.1 Å². The van der Waals surface area contributed by atoms with Crippen molar-refractivity contribution >= 4 is 17.3 Å². The summed E-state index contributed by atoms with van der Waals surface area (Å²) in [6, 6.07) is 0.819. The van der Waals surface area contributed by atoms with E-state index in [1.165, 1.54) is 25.7 Å². The molecule has 0 aliphatic heterocycles. The summed E-state index contributed by atoms with van der Waals surface area (Å²) in [6.45, 7) is 6.26. The Balaban J connectivity index is 1.79. The Morgan fingerprint density at radius 2 is 2.00 bits per heavy atom. The largest absolute Gasteiger partial charge is 0.347 e. The topological polar surface area (TPSA) is 42.7 Å². The average Bonchev–Trinajstić information content (AvgIpc) is 3.09. The van der Waals surface area contributed by atoms with Crippen molar-refractivity contribution in [3.63, 3.8) is 0 Å². The fourth-order valence-corrected chi connectivity index (χ4v) is 3.71. The summed E-state index contributed by atoms with van der Waals surface area (Å²) in [5, 5.41) is 6.76. The minimum absolute atomic E-state index is 0.204. The Morgan fingerprint density at radius 3 is 2.65 bits per heavy atom. The number of thiazole rings is 1. The number of rotatable bonds is 4. The van der Waals surface area contributed by atoms with Gasteiger partial charge < -0.3 is 9.88 Å². The smallest absolute Gasteiger partial charge is 0.203 e. The first-order chi connectivity index (χ1) is 9.63.